The Morgan fingerprint density at radius 3 is 2.64 bits per heavy atom. The highest BCUT2D eigenvalue weighted by Crippen LogP contribution is 2.20. The van der Waals surface area contributed by atoms with Gasteiger partial charge in [0.1, 0.15) is 6.20 Å². The summed E-state index contributed by atoms with van der Waals surface area (Å²) in [5.74, 6) is -0.0112. The first-order valence-electron chi connectivity index (χ1n) is 7.11. The zero-order valence-corrected chi connectivity index (χ0v) is 11.9. The predicted molar refractivity (Wildman–Crippen MR) is 80.6 cm³/mol. The van der Waals surface area contributed by atoms with Crippen LogP contribution in [-0.4, -0.2) is 33.8 Å². The molecule has 0 saturated heterocycles. The van der Waals surface area contributed by atoms with Crippen molar-refractivity contribution in [3.8, 4) is 0 Å². The summed E-state index contributed by atoms with van der Waals surface area (Å²) in [4.78, 5) is 28.8. The fraction of sp³-hybridized carbons (Fsp3) is 0.250. The Labute approximate surface area is 127 Å². The minimum absolute atomic E-state index is 0.00147. The van der Waals surface area contributed by atoms with Gasteiger partial charge < -0.3 is 4.90 Å². The van der Waals surface area contributed by atoms with Gasteiger partial charge in [-0.15, -0.1) is 0 Å². The van der Waals surface area contributed by atoms with Crippen LogP contribution in [0, 0.1) is 10.1 Å². The first-order valence-corrected chi connectivity index (χ1v) is 7.11. The van der Waals surface area contributed by atoms with Crippen molar-refractivity contribution in [2.75, 3.05) is 13.1 Å². The summed E-state index contributed by atoms with van der Waals surface area (Å²) >= 11 is 0. The molecular formula is C16H15N3O3. The predicted octanol–water partition coefficient (Wildman–Crippen LogP) is 2.23. The molecule has 0 aliphatic carbocycles. The van der Waals surface area contributed by atoms with Crippen molar-refractivity contribution in [3.63, 3.8) is 0 Å². The monoisotopic (exact) mass is 297 g/mol. The van der Waals surface area contributed by atoms with Gasteiger partial charge in [-0.3, -0.25) is 19.9 Å². The number of hydrogen-bond donors (Lipinski definition) is 0. The first-order chi connectivity index (χ1) is 10.6. The number of pyridine rings is 1. The lowest BCUT2D eigenvalue weighted by atomic mass is 10.1. The number of carbonyl (C=O) groups excluding carboxylic acids is 1. The zero-order chi connectivity index (χ0) is 15.5. The second kappa shape index (κ2) is 5.93. The Bertz CT molecular complexity index is 716. The lowest BCUT2D eigenvalue weighted by Gasteiger charge is -2.20. The van der Waals surface area contributed by atoms with Crippen LogP contribution < -0.4 is 0 Å². The minimum Gasteiger partial charge on any atom is -0.338 e. The van der Waals surface area contributed by atoms with Crippen molar-refractivity contribution < 1.29 is 9.72 Å². The summed E-state index contributed by atoms with van der Waals surface area (Å²) in [5.41, 5.74) is 2.36. The van der Waals surface area contributed by atoms with Gasteiger partial charge in [0, 0.05) is 36.8 Å². The van der Waals surface area contributed by atoms with Gasteiger partial charge >= 0.3 is 0 Å². The smallest absolute Gasteiger partial charge is 0.287 e. The van der Waals surface area contributed by atoms with E-state index in [1.165, 1.54) is 6.20 Å². The van der Waals surface area contributed by atoms with Gasteiger partial charge in [-0.1, -0.05) is 18.2 Å². The van der Waals surface area contributed by atoms with E-state index in [-0.39, 0.29) is 11.6 Å². The Kier molecular flexibility index (Phi) is 3.82. The normalized spacial score (nSPS) is 14.1. The summed E-state index contributed by atoms with van der Waals surface area (Å²) in [5, 5.41) is 10.8. The number of rotatable bonds is 2. The number of fused-ring (bicyclic) bond motifs is 1. The van der Waals surface area contributed by atoms with Gasteiger partial charge in [0.25, 0.3) is 11.6 Å². The lowest BCUT2D eigenvalue weighted by molar-refractivity contribution is -0.385. The summed E-state index contributed by atoms with van der Waals surface area (Å²) in [6.07, 6.45) is 2.49. The Hall–Kier alpha value is -2.76. The first kappa shape index (κ1) is 14.2. The van der Waals surface area contributed by atoms with E-state index >= 15 is 0 Å². The van der Waals surface area contributed by atoms with Gasteiger partial charge in [0.05, 0.1) is 4.92 Å². The fourth-order valence-corrected chi connectivity index (χ4v) is 2.64. The molecule has 1 amide bonds. The van der Waals surface area contributed by atoms with Crippen molar-refractivity contribution in [2.24, 2.45) is 0 Å². The highest BCUT2D eigenvalue weighted by molar-refractivity contribution is 5.94. The third-order valence-corrected chi connectivity index (χ3v) is 3.83. The molecule has 2 heterocycles. The van der Waals surface area contributed by atoms with Gasteiger partial charge in [0.15, 0.2) is 0 Å². The maximum atomic E-state index is 12.5. The number of aromatic nitrogens is 1. The van der Waals surface area contributed by atoms with E-state index < -0.39 is 4.92 Å². The number of amides is 1. The molecule has 0 unspecified atom stereocenters. The van der Waals surface area contributed by atoms with Gasteiger partial charge in [0.2, 0.25) is 0 Å². The number of nitrogens with zero attached hydrogens (tertiary/aromatic N) is 3. The zero-order valence-electron chi connectivity index (χ0n) is 11.9. The van der Waals surface area contributed by atoms with Crippen molar-refractivity contribution >= 4 is 11.6 Å². The molecule has 0 saturated carbocycles. The number of hydrogen-bond acceptors (Lipinski definition) is 4. The lowest BCUT2D eigenvalue weighted by Crippen LogP contribution is -2.33. The SMILES string of the molecule is O=C(c1ccccc1)N1CCc2cc([N+](=O)[O-])cnc2CC1. The van der Waals surface area contributed by atoms with E-state index in [0.717, 1.165) is 11.3 Å². The molecule has 0 bridgehead atoms. The Balaban J connectivity index is 1.79. The van der Waals surface area contributed by atoms with E-state index in [2.05, 4.69) is 4.98 Å². The molecular weight excluding hydrogens is 282 g/mol. The topological polar surface area (TPSA) is 76.3 Å². The number of nitro groups is 1. The van der Waals surface area contributed by atoms with Crippen LogP contribution in [0.4, 0.5) is 5.69 Å². The molecule has 1 aromatic heterocycles. The highest BCUT2D eigenvalue weighted by Gasteiger charge is 2.21. The average molecular weight is 297 g/mol. The largest absolute Gasteiger partial charge is 0.338 e. The van der Waals surface area contributed by atoms with E-state index in [1.54, 1.807) is 23.1 Å². The van der Waals surface area contributed by atoms with Gasteiger partial charge in [-0.2, -0.15) is 0 Å². The maximum Gasteiger partial charge on any atom is 0.287 e. The van der Waals surface area contributed by atoms with Crippen molar-refractivity contribution in [1.29, 1.82) is 0 Å². The average Bonchev–Trinajstić information content (AvgIpc) is 2.77. The van der Waals surface area contributed by atoms with Crippen molar-refractivity contribution in [2.45, 2.75) is 12.8 Å². The minimum atomic E-state index is -0.439. The van der Waals surface area contributed by atoms with E-state index in [4.69, 9.17) is 0 Å². The molecule has 1 aromatic carbocycles. The molecule has 0 N–H and O–H groups in total. The summed E-state index contributed by atoms with van der Waals surface area (Å²) in [6.45, 7) is 1.12. The molecule has 0 fully saturated rings. The third-order valence-electron chi connectivity index (χ3n) is 3.83. The van der Waals surface area contributed by atoms with Gasteiger partial charge in [-0.25, -0.2) is 0 Å². The number of carbonyl (C=O) groups is 1. The molecule has 3 rings (SSSR count). The quantitative estimate of drug-likeness (QED) is 0.629. The summed E-state index contributed by atoms with van der Waals surface area (Å²) in [7, 11) is 0. The van der Waals surface area contributed by atoms with Crippen LogP contribution in [-0.2, 0) is 12.8 Å². The molecule has 1 aliphatic rings. The second-order valence-corrected chi connectivity index (χ2v) is 5.21. The van der Waals surface area contributed by atoms with Gasteiger partial charge in [-0.05, 0) is 24.1 Å². The molecule has 6 nitrogen and oxygen atoms in total. The highest BCUT2D eigenvalue weighted by atomic mass is 16.6. The van der Waals surface area contributed by atoms with Crippen LogP contribution in [0.1, 0.15) is 21.6 Å². The molecule has 0 spiro atoms. The van der Waals surface area contributed by atoms with Crippen LogP contribution in [0.5, 0.6) is 0 Å². The fourth-order valence-electron chi connectivity index (χ4n) is 2.64. The van der Waals surface area contributed by atoms with Crippen LogP contribution in [0.15, 0.2) is 42.6 Å². The van der Waals surface area contributed by atoms with Crippen molar-refractivity contribution in [1.82, 2.24) is 9.88 Å². The molecule has 1 aliphatic heterocycles. The third kappa shape index (κ3) is 2.81. The Morgan fingerprint density at radius 1 is 1.18 bits per heavy atom. The molecule has 0 atom stereocenters. The second-order valence-electron chi connectivity index (χ2n) is 5.21. The molecule has 112 valence electrons. The molecule has 2 aromatic rings. The van der Waals surface area contributed by atoms with Crippen LogP contribution in [0.2, 0.25) is 0 Å². The Morgan fingerprint density at radius 2 is 1.91 bits per heavy atom. The van der Waals surface area contributed by atoms with Crippen LogP contribution >= 0.6 is 0 Å². The maximum absolute atomic E-state index is 12.5. The van der Waals surface area contributed by atoms with E-state index in [0.29, 0.717) is 31.5 Å². The number of benzene rings is 1. The molecule has 0 radical (unpaired) electrons. The molecule has 22 heavy (non-hydrogen) atoms. The summed E-state index contributed by atoms with van der Waals surface area (Å²) < 4.78 is 0. The van der Waals surface area contributed by atoms with Crippen LogP contribution in [0.25, 0.3) is 0 Å². The van der Waals surface area contributed by atoms with E-state index in [9.17, 15) is 14.9 Å². The standard InChI is InChI=1S/C16H15N3O3/c20-16(12-4-2-1-3-5-12)18-8-6-13-10-14(19(21)22)11-17-15(13)7-9-18/h1-5,10-11H,6-9H2. The van der Waals surface area contributed by atoms with Crippen molar-refractivity contribution in [3.05, 3.63) is 69.5 Å². The van der Waals surface area contributed by atoms with E-state index in [1.807, 2.05) is 18.2 Å². The summed E-state index contributed by atoms with van der Waals surface area (Å²) in [6, 6.07) is 10.7. The molecule has 6 heteroatoms. The van der Waals surface area contributed by atoms with Crippen LogP contribution in [0.3, 0.4) is 0 Å².